The summed E-state index contributed by atoms with van der Waals surface area (Å²) in [5, 5.41) is 1.16. The second-order valence-corrected chi connectivity index (χ2v) is 3.09. The van der Waals surface area contributed by atoms with E-state index in [0.717, 1.165) is 16.9 Å². The van der Waals surface area contributed by atoms with Crippen LogP contribution in [-0.4, -0.2) is 4.98 Å². The molecule has 0 fully saturated rings. The van der Waals surface area contributed by atoms with Crippen LogP contribution >= 0.6 is 0 Å². The van der Waals surface area contributed by atoms with Gasteiger partial charge in [0.1, 0.15) is 5.76 Å². The highest BCUT2D eigenvalue weighted by Gasteiger charge is 2.08. The normalized spacial score (nSPS) is 10.9. The number of aryl methyl sites for hydroxylation is 3. The summed E-state index contributed by atoms with van der Waals surface area (Å²) in [6.45, 7) is 6.11. The Labute approximate surface area is 71.2 Å². The number of pyridine rings is 1. The van der Waals surface area contributed by atoms with Crippen molar-refractivity contribution in [2.75, 3.05) is 0 Å². The van der Waals surface area contributed by atoms with Crippen LogP contribution in [0.1, 0.15) is 16.9 Å². The van der Waals surface area contributed by atoms with E-state index in [0.29, 0.717) is 0 Å². The fraction of sp³-hybridized carbons (Fsp3) is 0.300. The number of hydrogen-bond acceptors (Lipinski definition) is 2. The van der Waals surface area contributed by atoms with Gasteiger partial charge in [-0.05, 0) is 32.4 Å². The first-order valence-electron chi connectivity index (χ1n) is 4.01. The molecule has 2 rings (SSSR count). The van der Waals surface area contributed by atoms with Gasteiger partial charge < -0.3 is 4.42 Å². The van der Waals surface area contributed by atoms with Crippen molar-refractivity contribution in [1.29, 1.82) is 0 Å². The molecular formula is C10H11NO. The molecule has 0 saturated carbocycles. The molecule has 0 atom stereocenters. The van der Waals surface area contributed by atoms with Crippen LogP contribution in [0, 0.1) is 20.8 Å². The Balaban J connectivity index is 2.97. The molecule has 2 nitrogen and oxygen atoms in total. The van der Waals surface area contributed by atoms with Gasteiger partial charge in [-0.25, -0.2) is 4.98 Å². The van der Waals surface area contributed by atoms with E-state index in [4.69, 9.17) is 4.42 Å². The van der Waals surface area contributed by atoms with Gasteiger partial charge >= 0.3 is 0 Å². The minimum absolute atomic E-state index is 0.755. The summed E-state index contributed by atoms with van der Waals surface area (Å²) in [6, 6.07) is 2.00. The molecule has 0 aliphatic rings. The van der Waals surface area contributed by atoms with Crippen LogP contribution in [0.4, 0.5) is 0 Å². The van der Waals surface area contributed by atoms with Gasteiger partial charge in [0.25, 0.3) is 0 Å². The van der Waals surface area contributed by atoms with Crippen molar-refractivity contribution < 1.29 is 4.42 Å². The van der Waals surface area contributed by atoms with Crippen molar-refractivity contribution in [3.63, 3.8) is 0 Å². The average molecular weight is 161 g/mol. The molecule has 0 bridgehead atoms. The molecule has 0 aromatic carbocycles. The quantitative estimate of drug-likeness (QED) is 0.593. The first-order valence-corrected chi connectivity index (χ1v) is 4.01. The molecule has 0 radical (unpaired) electrons. The summed E-state index contributed by atoms with van der Waals surface area (Å²) in [5.41, 5.74) is 3.19. The van der Waals surface area contributed by atoms with Gasteiger partial charge in [0.2, 0.25) is 5.71 Å². The third-order valence-electron chi connectivity index (χ3n) is 2.28. The number of aromatic nitrogens is 1. The van der Waals surface area contributed by atoms with Crippen LogP contribution in [-0.2, 0) is 0 Å². The highest BCUT2D eigenvalue weighted by molar-refractivity contribution is 5.81. The summed E-state index contributed by atoms with van der Waals surface area (Å²) in [4.78, 5) is 4.16. The van der Waals surface area contributed by atoms with Crippen molar-refractivity contribution in [2.24, 2.45) is 0 Å². The van der Waals surface area contributed by atoms with Crippen LogP contribution in [0.2, 0.25) is 0 Å². The van der Waals surface area contributed by atoms with E-state index in [-0.39, 0.29) is 0 Å². The fourth-order valence-electron chi connectivity index (χ4n) is 1.46. The van der Waals surface area contributed by atoms with Crippen LogP contribution in [0.15, 0.2) is 16.7 Å². The first-order chi connectivity index (χ1) is 5.70. The Kier molecular flexibility index (Phi) is 1.43. The zero-order chi connectivity index (χ0) is 8.72. The van der Waals surface area contributed by atoms with E-state index in [2.05, 4.69) is 18.8 Å². The van der Waals surface area contributed by atoms with E-state index < -0.39 is 0 Å². The molecule has 2 aromatic rings. The lowest BCUT2D eigenvalue weighted by Crippen LogP contribution is -1.78. The highest BCUT2D eigenvalue weighted by atomic mass is 16.3. The van der Waals surface area contributed by atoms with Crippen LogP contribution in [0.3, 0.4) is 0 Å². The molecule has 62 valence electrons. The maximum absolute atomic E-state index is 5.47. The fourth-order valence-corrected chi connectivity index (χ4v) is 1.46. The number of hydrogen-bond donors (Lipinski definition) is 0. The molecule has 0 aliphatic carbocycles. The summed E-state index contributed by atoms with van der Waals surface area (Å²) in [5.74, 6) is 0.965. The zero-order valence-electron chi connectivity index (χ0n) is 7.51. The van der Waals surface area contributed by atoms with E-state index in [1.54, 1.807) is 6.20 Å². The second-order valence-electron chi connectivity index (χ2n) is 3.09. The molecule has 0 N–H and O–H groups in total. The van der Waals surface area contributed by atoms with Crippen molar-refractivity contribution >= 4 is 11.1 Å². The highest BCUT2D eigenvalue weighted by Crippen LogP contribution is 2.25. The lowest BCUT2D eigenvalue weighted by molar-refractivity contribution is 0.564. The molecule has 0 saturated heterocycles. The SMILES string of the molecule is Cc1oc2nccc(C)c2c1C. The molecule has 0 aliphatic heterocycles. The van der Waals surface area contributed by atoms with Crippen LogP contribution in [0.5, 0.6) is 0 Å². The van der Waals surface area contributed by atoms with Gasteiger partial charge in [-0.2, -0.15) is 0 Å². The van der Waals surface area contributed by atoms with Gasteiger partial charge in [0.05, 0.1) is 0 Å². The largest absolute Gasteiger partial charge is 0.443 e. The van der Waals surface area contributed by atoms with Gasteiger partial charge in [-0.15, -0.1) is 0 Å². The Morgan fingerprint density at radius 2 is 2.00 bits per heavy atom. The molecule has 0 amide bonds. The van der Waals surface area contributed by atoms with Crippen molar-refractivity contribution in [3.8, 4) is 0 Å². The lowest BCUT2D eigenvalue weighted by atomic mass is 10.1. The van der Waals surface area contributed by atoms with Gasteiger partial charge in [-0.1, -0.05) is 0 Å². The first kappa shape index (κ1) is 7.35. The maximum atomic E-state index is 5.47. The maximum Gasteiger partial charge on any atom is 0.226 e. The summed E-state index contributed by atoms with van der Waals surface area (Å²) >= 11 is 0. The Bertz CT molecular complexity index is 429. The minimum atomic E-state index is 0.755. The second kappa shape index (κ2) is 2.34. The number of fused-ring (bicyclic) bond motifs is 1. The number of rotatable bonds is 0. The van der Waals surface area contributed by atoms with Crippen LogP contribution < -0.4 is 0 Å². The van der Waals surface area contributed by atoms with Gasteiger partial charge in [-0.3, -0.25) is 0 Å². The standard InChI is InChI=1S/C10H11NO/c1-6-4-5-11-10-9(6)7(2)8(3)12-10/h4-5H,1-3H3. The summed E-state index contributed by atoms with van der Waals surface area (Å²) in [6.07, 6.45) is 1.78. The van der Waals surface area contributed by atoms with E-state index >= 15 is 0 Å². The number of furan rings is 1. The average Bonchev–Trinajstić information content (AvgIpc) is 2.29. The lowest BCUT2D eigenvalue weighted by Gasteiger charge is -1.93. The van der Waals surface area contributed by atoms with E-state index in [9.17, 15) is 0 Å². The third-order valence-corrected chi connectivity index (χ3v) is 2.28. The van der Waals surface area contributed by atoms with Crippen molar-refractivity contribution in [2.45, 2.75) is 20.8 Å². The van der Waals surface area contributed by atoms with E-state index in [1.165, 1.54) is 11.1 Å². The molecular weight excluding hydrogens is 150 g/mol. The zero-order valence-corrected chi connectivity index (χ0v) is 7.51. The Morgan fingerprint density at radius 1 is 1.25 bits per heavy atom. The molecule has 2 heteroatoms. The predicted octanol–water partition coefficient (Wildman–Crippen LogP) is 2.75. The van der Waals surface area contributed by atoms with Gasteiger partial charge in [0, 0.05) is 17.1 Å². The van der Waals surface area contributed by atoms with Crippen LogP contribution in [0.25, 0.3) is 11.1 Å². The van der Waals surface area contributed by atoms with E-state index in [1.807, 2.05) is 13.0 Å². The molecule has 0 unspecified atom stereocenters. The monoisotopic (exact) mass is 161 g/mol. The van der Waals surface area contributed by atoms with Crippen molar-refractivity contribution in [3.05, 3.63) is 29.2 Å². The topological polar surface area (TPSA) is 26.0 Å². The molecule has 2 heterocycles. The van der Waals surface area contributed by atoms with Crippen molar-refractivity contribution in [1.82, 2.24) is 4.98 Å². The predicted molar refractivity (Wildman–Crippen MR) is 48.2 cm³/mol. The van der Waals surface area contributed by atoms with Gasteiger partial charge in [0.15, 0.2) is 0 Å². The Hall–Kier alpha value is -1.31. The summed E-state index contributed by atoms with van der Waals surface area (Å²) in [7, 11) is 0. The molecule has 2 aromatic heterocycles. The summed E-state index contributed by atoms with van der Waals surface area (Å²) < 4.78 is 5.47. The Morgan fingerprint density at radius 3 is 2.67 bits per heavy atom. The number of nitrogens with zero attached hydrogens (tertiary/aromatic N) is 1. The third kappa shape index (κ3) is 0.843. The minimum Gasteiger partial charge on any atom is -0.443 e. The molecule has 12 heavy (non-hydrogen) atoms. The molecule has 0 spiro atoms. The smallest absolute Gasteiger partial charge is 0.226 e.